The average molecular weight is 219 g/mol. The van der Waals surface area contributed by atoms with Crippen molar-refractivity contribution in [1.29, 1.82) is 0 Å². The van der Waals surface area contributed by atoms with Crippen molar-refractivity contribution in [3.05, 3.63) is 35.2 Å². The fourth-order valence-corrected chi connectivity index (χ4v) is 1.89. The summed E-state index contributed by atoms with van der Waals surface area (Å²) < 4.78 is 0. The van der Waals surface area contributed by atoms with Crippen molar-refractivity contribution in [2.24, 2.45) is 5.10 Å². The second-order valence-electron chi connectivity index (χ2n) is 4.09. The van der Waals surface area contributed by atoms with Crippen LogP contribution in [-0.4, -0.2) is 17.0 Å². The van der Waals surface area contributed by atoms with E-state index in [1.54, 1.807) is 0 Å². The topological polar surface area (TPSA) is 56.6 Å². The van der Waals surface area contributed by atoms with Gasteiger partial charge in [-0.05, 0) is 30.6 Å². The second-order valence-corrected chi connectivity index (χ2v) is 4.09. The maximum absolute atomic E-state index is 9.71. The van der Waals surface area contributed by atoms with Gasteiger partial charge in [-0.1, -0.05) is 13.5 Å². The van der Waals surface area contributed by atoms with Gasteiger partial charge < -0.3 is 10.4 Å². The quantitative estimate of drug-likeness (QED) is 0.624. The van der Waals surface area contributed by atoms with Crippen LogP contribution in [0.15, 0.2) is 40.3 Å². The van der Waals surface area contributed by atoms with Gasteiger partial charge in [0.1, 0.15) is 6.23 Å². The minimum absolute atomic E-state index is 0.516. The molecule has 2 heterocycles. The van der Waals surface area contributed by atoms with Crippen LogP contribution >= 0.6 is 0 Å². The standard InChI is InChI=1S/C12H17N3O/c1-4-9-6-11(16)13-10-5-7(2)8(3)14-15-12(9)10/h5,11,13,15-16H,2,4,6H2,1,3H3. The van der Waals surface area contributed by atoms with E-state index in [4.69, 9.17) is 0 Å². The summed E-state index contributed by atoms with van der Waals surface area (Å²) in [5.41, 5.74) is 7.81. The molecular formula is C12H17N3O. The third-order valence-electron chi connectivity index (χ3n) is 2.93. The SMILES string of the molecule is C=C1C=C2NC(O)CC(CC)=C2NN=C1C. The van der Waals surface area contributed by atoms with E-state index >= 15 is 0 Å². The summed E-state index contributed by atoms with van der Waals surface area (Å²) in [7, 11) is 0. The number of hydrazone groups is 1. The molecule has 0 radical (unpaired) electrons. The molecule has 1 unspecified atom stereocenters. The number of nitrogens with one attached hydrogen (secondary N) is 2. The lowest BCUT2D eigenvalue weighted by Crippen LogP contribution is -2.36. The van der Waals surface area contributed by atoms with Crippen molar-refractivity contribution >= 4 is 5.71 Å². The Balaban J connectivity index is 2.47. The van der Waals surface area contributed by atoms with Gasteiger partial charge in [0.2, 0.25) is 0 Å². The Labute approximate surface area is 95.4 Å². The van der Waals surface area contributed by atoms with Crippen LogP contribution in [0.2, 0.25) is 0 Å². The lowest BCUT2D eigenvalue weighted by atomic mass is 9.99. The minimum Gasteiger partial charge on any atom is -0.373 e. The van der Waals surface area contributed by atoms with Gasteiger partial charge in [0, 0.05) is 6.42 Å². The first-order valence-electron chi connectivity index (χ1n) is 5.50. The van der Waals surface area contributed by atoms with Crippen LogP contribution in [0, 0.1) is 0 Å². The van der Waals surface area contributed by atoms with Crippen molar-refractivity contribution < 1.29 is 5.11 Å². The van der Waals surface area contributed by atoms with Gasteiger partial charge in [0.25, 0.3) is 0 Å². The smallest absolute Gasteiger partial charge is 0.128 e. The molecule has 0 aromatic rings. The van der Waals surface area contributed by atoms with Crippen LogP contribution in [0.5, 0.6) is 0 Å². The molecule has 0 saturated heterocycles. The van der Waals surface area contributed by atoms with E-state index in [-0.39, 0.29) is 0 Å². The maximum atomic E-state index is 9.71. The van der Waals surface area contributed by atoms with Gasteiger partial charge in [0.05, 0.1) is 17.1 Å². The van der Waals surface area contributed by atoms with Gasteiger partial charge >= 0.3 is 0 Å². The van der Waals surface area contributed by atoms with E-state index in [0.29, 0.717) is 6.42 Å². The van der Waals surface area contributed by atoms with Crippen molar-refractivity contribution in [2.75, 3.05) is 0 Å². The molecule has 3 N–H and O–H groups in total. The predicted molar refractivity (Wildman–Crippen MR) is 64.5 cm³/mol. The molecule has 2 rings (SSSR count). The molecule has 4 heteroatoms. The zero-order valence-electron chi connectivity index (χ0n) is 9.67. The lowest BCUT2D eigenvalue weighted by Gasteiger charge is -2.27. The Morgan fingerprint density at radius 1 is 1.62 bits per heavy atom. The van der Waals surface area contributed by atoms with Crippen LogP contribution in [0.25, 0.3) is 0 Å². The van der Waals surface area contributed by atoms with Crippen LogP contribution in [0.3, 0.4) is 0 Å². The van der Waals surface area contributed by atoms with Gasteiger partial charge in [0.15, 0.2) is 0 Å². The summed E-state index contributed by atoms with van der Waals surface area (Å²) >= 11 is 0. The maximum Gasteiger partial charge on any atom is 0.128 e. The third-order valence-corrected chi connectivity index (χ3v) is 2.93. The Bertz CT molecular complexity index is 418. The molecule has 0 aliphatic carbocycles. The summed E-state index contributed by atoms with van der Waals surface area (Å²) in [5, 5.41) is 17.0. The van der Waals surface area contributed by atoms with E-state index in [2.05, 4.69) is 29.3 Å². The van der Waals surface area contributed by atoms with Crippen LogP contribution in [0.4, 0.5) is 0 Å². The number of aliphatic hydroxyl groups excluding tert-OH is 1. The highest BCUT2D eigenvalue weighted by atomic mass is 16.3. The summed E-state index contributed by atoms with van der Waals surface area (Å²) in [6, 6.07) is 0. The molecule has 1 atom stereocenters. The monoisotopic (exact) mass is 219 g/mol. The molecule has 0 aromatic carbocycles. The molecule has 0 fully saturated rings. The molecule has 2 aliphatic rings. The van der Waals surface area contributed by atoms with Crippen molar-refractivity contribution in [2.45, 2.75) is 32.9 Å². The summed E-state index contributed by atoms with van der Waals surface area (Å²) in [6.45, 7) is 7.92. The van der Waals surface area contributed by atoms with E-state index in [1.165, 1.54) is 5.57 Å². The van der Waals surface area contributed by atoms with Crippen LogP contribution < -0.4 is 10.7 Å². The highest BCUT2D eigenvalue weighted by Crippen LogP contribution is 2.25. The molecule has 0 amide bonds. The molecule has 4 nitrogen and oxygen atoms in total. The zero-order valence-corrected chi connectivity index (χ0v) is 9.67. The fourth-order valence-electron chi connectivity index (χ4n) is 1.89. The number of fused-ring (bicyclic) bond motifs is 1. The van der Waals surface area contributed by atoms with Gasteiger partial charge in [-0.2, -0.15) is 5.10 Å². The number of rotatable bonds is 1. The Morgan fingerprint density at radius 2 is 2.38 bits per heavy atom. The number of hydrogen-bond donors (Lipinski definition) is 3. The molecule has 2 aliphatic heterocycles. The first kappa shape index (κ1) is 11.0. The Kier molecular flexibility index (Phi) is 2.83. The number of hydrogen-bond acceptors (Lipinski definition) is 4. The second kappa shape index (κ2) is 4.14. The van der Waals surface area contributed by atoms with Crippen LogP contribution in [-0.2, 0) is 0 Å². The average Bonchev–Trinajstić information content (AvgIpc) is 2.38. The van der Waals surface area contributed by atoms with Gasteiger partial charge in [-0.25, -0.2) is 0 Å². The summed E-state index contributed by atoms with van der Waals surface area (Å²) in [5.74, 6) is 0. The van der Waals surface area contributed by atoms with E-state index in [9.17, 15) is 5.11 Å². The highest BCUT2D eigenvalue weighted by molar-refractivity contribution is 6.00. The van der Waals surface area contributed by atoms with E-state index < -0.39 is 6.23 Å². The first-order chi connectivity index (χ1) is 7.61. The zero-order chi connectivity index (χ0) is 11.7. The van der Waals surface area contributed by atoms with Crippen molar-refractivity contribution in [1.82, 2.24) is 10.7 Å². The first-order valence-corrected chi connectivity index (χ1v) is 5.50. The van der Waals surface area contributed by atoms with E-state index in [0.717, 1.165) is 29.1 Å². The number of aliphatic hydroxyl groups is 1. The number of nitrogens with zero attached hydrogens (tertiary/aromatic N) is 1. The predicted octanol–water partition coefficient (Wildman–Crippen LogP) is 1.38. The van der Waals surface area contributed by atoms with E-state index in [1.807, 2.05) is 13.0 Å². The molecule has 0 bridgehead atoms. The van der Waals surface area contributed by atoms with Gasteiger partial charge in [-0.15, -0.1) is 0 Å². The molecule has 0 aromatic heterocycles. The summed E-state index contributed by atoms with van der Waals surface area (Å²) in [6.07, 6.45) is 2.95. The largest absolute Gasteiger partial charge is 0.373 e. The fraction of sp³-hybridized carbons (Fsp3) is 0.417. The third kappa shape index (κ3) is 1.88. The molecule has 16 heavy (non-hydrogen) atoms. The van der Waals surface area contributed by atoms with Crippen LogP contribution in [0.1, 0.15) is 26.7 Å². The molecule has 0 saturated carbocycles. The highest BCUT2D eigenvalue weighted by Gasteiger charge is 2.23. The Morgan fingerprint density at radius 3 is 3.06 bits per heavy atom. The summed E-state index contributed by atoms with van der Waals surface area (Å²) in [4.78, 5) is 0. The minimum atomic E-state index is -0.516. The Hall–Kier alpha value is -1.55. The van der Waals surface area contributed by atoms with Crippen molar-refractivity contribution in [3.63, 3.8) is 0 Å². The molecule has 0 spiro atoms. The normalized spacial score (nSPS) is 24.9. The van der Waals surface area contributed by atoms with Crippen molar-refractivity contribution in [3.8, 4) is 0 Å². The number of allylic oxidation sites excluding steroid dienone is 2. The lowest BCUT2D eigenvalue weighted by molar-refractivity contribution is 0.143. The van der Waals surface area contributed by atoms with Gasteiger partial charge in [-0.3, -0.25) is 5.43 Å². The molecular weight excluding hydrogens is 202 g/mol. The molecule has 86 valence electrons.